The molecule has 0 aliphatic carbocycles. The monoisotopic (exact) mass is 328 g/mol. The van der Waals surface area contributed by atoms with E-state index in [-0.39, 0.29) is 5.97 Å². The highest BCUT2D eigenvalue weighted by Crippen LogP contribution is 2.28. The van der Waals surface area contributed by atoms with Crippen LogP contribution >= 0.6 is 0 Å². The maximum absolute atomic E-state index is 12.1. The van der Waals surface area contributed by atoms with E-state index in [1.54, 1.807) is 6.20 Å². The van der Waals surface area contributed by atoms with Crippen molar-refractivity contribution in [1.29, 1.82) is 0 Å². The van der Waals surface area contributed by atoms with Crippen LogP contribution < -0.4 is 5.32 Å². The van der Waals surface area contributed by atoms with Gasteiger partial charge in [-0.15, -0.1) is 0 Å². The average Bonchev–Trinajstić information content (AvgIpc) is 3.10. The number of hydrogen-bond acceptors (Lipinski definition) is 7. The quantitative estimate of drug-likeness (QED) is 0.840. The lowest BCUT2D eigenvalue weighted by Crippen LogP contribution is -2.45. The number of rotatable bonds is 5. The highest BCUT2D eigenvalue weighted by atomic mass is 16.6. The largest absolute Gasteiger partial charge is 0.467 e. The smallest absolute Gasteiger partial charge is 0.339 e. The molecule has 1 fully saturated rings. The van der Waals surface area contributed by atoms with E-state index in [4.69, 9.17) is 9.47 Å². The Morgan fingerprint density at radius 2 is 2.25 bits per heavy atom. The first-order valence-corrected chi connectivity index (χ1v) is 7.86. The van der Waals surface area contributed by atoms with Crippen molar-refractivity contribution in [2.24, 2.45) is 0 Å². The summed E-state index contributed by atoms with van der Waals surface area (Å²) in [5.41, 5.74) is 0.551. The van der Waals surface area contributed by atoms with Crippen LogP contribution in [0.4, 0.5) is 5.82 Å². The number of aromatic nitrogens is 3. The number of esters is 1. The first-order valence-electron chi connectivity index (χ1n) is 7.86. The highest BCUT2D eigenvalue weighted by Gasteiger charge is 2.43. The SMILES string of the molecule is COC(=O)C1(CNc2cc(-c3ccccn3)nc(C)n2)CCCO1. The molecular formula is C17H20N4O3. The van der Waals surface area contributed by atoms with Crippen molar-refractivity contribution in [3.63, 3.8) is 0 Å². The van der Waals surface area contributed by atoms with Crippen LogP contribution in [0, 0.1) is 6.92 Å². The second kappa shape index (κ2) is 6.92. The Morgan fingerprint density at radius 3 is 2.92 bits per heavy atom. The molecule has 2 aromatic rings. The molecule has 1 unspecified atom stereocenters. The van der Waals surface area contributed by atoms with Crippen LogP contribution in [0.1, 0.15) is 18.7 Å². The molecule has 126 valence electrons. The molecule has 2 aromatic heterocycles. The summed E-state index contributed by atoms with van der Waals surface area (Å²) in [4.78, 5) is 25.2. The summed E-state index contributed by atoms with van der Waals surface area (Å²) in [5.74, 6) is 0.894. The van der Waals surface area contributed by atoms with Gasteiger partial charge in [-0.05, 0) is 31.9 Å². The molecule has 1 N–H and O–H groups in total. The van der Waals surface area contributed by atoms with Crippen molar-refractivity contribution in [1.82, 2.24) is 15.0 Å². The van der Waals surface area contributed by atoms with Crippen LogP contribution in [-0.4, -0.2) is 46.8 Å². The summed E-state index contributed by atoms with van der Waals surface area (Å²) in [7, 11) is 1.37. The zero-order chi connectivity index (χ0) is 17.0. The molecular weight excluding hydrogens is 308 g/mol. The molecule has 24 heavy (non-hydrogen) atoms. The minimum Gasteiger partial charge on any atom is -0.467 e. The zero-order valence-electron chi connectivity index (χ0n) is 13.8. The summed E-state index contributed by atoms with van der Waals surface area (Å²) in [6.07, 6.45) is 3.18. The van der Waals surface area contributed by atoms with Crippen LogP contribution in [0.15, 0.2) is 30.5 Å². The summed E-state index contributed by atoms with van der Waals surface area (Å²) in [6.45, 7) is 2.68. The zero-order valence-corrected chi connectivity index (χ0v) is 13.8. The normalized spacial score (nSPS) is 19.9. The van der Waals surface area contributed by atoms with Gasteiger partial charge in [-0.1, -0.05) is 6.07 Å². The molecule has 1 aliphatic rings. The van der Waals surface area contributed by atoms with Crippen LogP contribution in [0.25, 0.3) is 11.4 Å². The first-order chi connectivity index (χ1) is 11.6. The Labute approximate surface area is 140 Å². The van der Waals surface area contributed by atoms with Crippen molar-refractivity contribution in [2.75, 3.05) is 25.6 Å². The number of carbonyl (C=O) groups excluding carboxylic acids is 1. The first kappa shape index (κ1) is 16.3. The average molecular weight is 328 g/mol. The van der Waals surface area contributed by atoms with E-state index in [1.807, 2.05) is 31.2 Å². The van der Waals surface area contributed by atoms with Gasteiger partial charge in [0.1, 0.15) is 11.6 Å². The minimum atomic E-state index is -0.946. The molecule has 3 heterocycles. The predicted octanol–water partition coefficient (Wildman–Crippen LogP) is 1.98. The number of anilines is 1. The summed E-state index contributed by atoms with van der Waals surface area (Å²) in [5, 5.41) is 3.19. The number of ether oxygens (including phenoxy) is 2. The molecule has 0 radical (unpaired) electrons. The van der Waals surface area contributed by atoms with Gasteiger partial charge in [0.15, 0.2) is 5.60 Å². The van der Waals surface area contributed by atoms with Crippen molar-refractivity contribution < 1.29 is 14.3 Å². The van der Waals surface area contributed by atoms with Gasteiger partial charge in [0.25, 0.3) is 0 Å². The number of pyridine rings is 1. The maximum atomic E-state index is 12.1. The standard InChI is InChI=1S/C17H20N4O3/c1-12-20-14(13-6-3-4-8-18-13)10-15(21-12)19-11-17(16(22)23-2)7-5-9-24-17/h3-4,6,8,10H,5,7,9,11H2,1-2H3,(H,19,20,21). The Kier molecular flexibility index (Phi) is 4.71. The van der Waals surface area contributed by atoms with E-state index >= 15 is 0 Å². The third-order valence-electron chi connectivity index (χ3n) is 3.98. The van der Waals surface area contributed by atoms with Gasteiger partial charge in [0.2, 0.25) is 0 Å². The van der Waals surface area contributed by atoms with E-state index in [9.17, 15) is 4.79 Å². The fraction of sp³-hybridized carbons (Fsp3) is 0.412. The van der Waals surface area contributed by atoms with Gasteiger partial charge in [0, 0.05) is 18.9 Å². The number of nitrogens with one attached hydrogen (secondary N) is 1. The van der Waals surface area contributed by atoms with E-state index in [0.29, 0.717) is 31.2 Å². The number of aryl methyl sites for hydroxylation is 1. The lowest BCUT2D eigenvalue weighted by molar-refractivity contribution is -0.162. The molecule has 3 rings (SSSR count). The van der Waals surface area contributed by atoms with Crippen LogP contribution in [-0.2, 0) is 14.3 Å². The van der Waals surface area contributed by atoms with Crippen LogP contribution in [0.3, 0.4) is 0 Å². The Balaban J connectivity index is 1.80. The maximum Gasteiger partial charge on any atom is 0.339 e. The van der Waals surface area contributed by atoms with Crippen LogP contribution in [0.2, 0.25) is 0 Å². The van der Waals surface area contributed by atoms with E-state index in [1.165, 1.54) is 7.11 Å². The van der Waals surface area contributed by atoms with Crippen molar-refractivity contribution in [2.45, 2.75) is 25.4 Å². The Hall–Kier alpha value is -2.54. The third-order valence-corrected chi connectivity index (χ3v) is 3.98. The molecule has 7 heteroatoms. The lowest BCUT2D eigenvalue weighted by Gasteiger charge is -2.25. The van der Waals surface area contributed by atoms with Crippen molar-refractivity contribution >= 4 is 11.8 Å². The van der Waals surface area contributed by atoms with Gasteiger partial charge < -0.3 is 14.8 Å². The second-order valence-corrected chi connectivity index (χ2v) is 5.69. The summed E-state index contributed by atoms with van der Waals surface area (Å²) < 4.78 is 10.6. The van der Waals surface area contributed by atoms with Gasteiger partial charge in [-0.2, -0.15) is 0 Å². The van der Waals surface area contributed by atoms with E-state index in [2.05, 4.69) is 20.3 Å². The second-order valence-electron chi connectivity index (χ2n) is 5.69. The molecule has 0 bridgehead atoms. The number of hydrogen-bond donors (Lipinski definition) is 1. The van der Waals surface area contributed by atoms with Crippen LogP contribution in [0.5, 0.6) is 0 Å². The highest BCUT2D eigenvalue weighted by molar-refractivity contribution is 5.80. The number of methoxy groups -OCH3 is 1. The Morgan fingerprint density at radius 1 is 1.38 bits per heavy atom. The molecule has 0 amide bonds. The molecule has 0 saturated carbocycles. The molecule has 1 aliphatic heterocycles. The molecule has 1 saturated heterocycles. The third kappa shape index (κ3) is 3.35. The minimum absolute atomic E-state index is 0.303. The van der Waals surface area contributed by atoms with Crippen molar-refractivity contribution in [3.05, 3.63) is 36.3 Å². The lowest BCUT2D eigenvalue weighted by atomic mass is 10.0. The summed E-state index contributed by atoms with van der Waals surface area (Å²) >= 11 is 0. The molecule has 7 nitrogen and oxygen atoms in total. The predicted molar refractivity (Wildman–Crippen MR) is 88.4 cm³/mol. The fourth-order valence-corrected chi connectivity index (χ4v) is 2.79. The fourth-order valence-electron chi connectivity index (χ4n) is 2.79. The van der Waals surface area contributed by atoms with E-state index < -0.39 is 5.60 Å². The van der Waals surface area contributed by atoms with Gasteiger partial charge in [-0.3, -0.25) is 4.98 Å². The van der Waals surface area contributed by atoms with Gasteiger partial charge in [0.05, 0.1) is 25.0 Å². The topological polar surface area (TPSA) is 86.2 Å². The molecule has 1 atom stereocenters. The van der Waals surface area contributed by atoms with Gasteiger partial charge in [-0.25, -0.2) is 14.8 Å². The number of carbonyl (C=O) groups is 1. The molecule has 0 spiro atoms. The van der Waals surface area contributed by atoms with E-state index in [0.717, 1.165) is 17.8 Å². The number of nitrogens with zero attached hydrogens (tertiary/aromatic N) is 3. The summed E-state index contributed by atoms with van der Waals surface area (Å²) in [6, 6.07) is 7.47. The molecule has 0 aromatic carbocycles. The van der Waals surface area contributed by atoms with Crippen molar-refractivity contribution in [3.8, 4) is 11.4 Å². The van der Waals surface area contributed by atoms with Gasteiger partial charge >= 0.3 is 5.97 Å². The Bertz CT molecular complexity index is 715.